The van der Waals surface area contributed by atoms with Crippen molar-refractivity contribution in [1.29, 1.82) is 0 Å². The number of nitrogens with zero attached hydrogens (tertiary/aromatic N) is 1. The van der Waals surface area contributed by atoms with Crippen LogP contribution in [0.3, 0.4) is 0 Å². The summed E-state index contributed by atoms with van der Waals surface area (Å²) in [6.45, 7) is 0. The van der Waals surface area contributed by atoms with E-state index < -0.39 is 0 Å². The lowest BCUT2D eigenvalue weighted by molar-refractivity contribution is 0.416. The van der Waals surface area contributed by atoms with Crippen molar-refractivity contribution in [2.45, 2.75) is 25.7 Å². The lowest BCUT2D eigenvalue weighted by Crippen LogP contribution is -2.23. The molecule has 1 aromatic carbocycles. The van der Waals surface area contributed by atoms with E-state index in [-0.39, 0.29) is 0 Å². The van der Waals surface area contributed by atoms with Crippen LogP contribution in [0.4, 0.5) is 5.69 Å². The molecule has 0 aromatic heterocycles. The molecule has 0 amide bonds. The number of hydrogen-bond acceptors (Lipinski definition) is 3. The van der Waals surface area contributed by atoms with Crippen LogP contribution in [0.2, 0.25) is 0 Å². The highest BCUT2D eigenvalue weighted by Crippen LogP contribution is 2.34. The minimum absolute atomic E-state index is 0.437. The second-order valence-electron chi connectivity index (χ2n) is 4.44. The van der Waals surface area contributed by atoms with Crippen molar-refractivity contribution in [2.75, 3.05) is 12.4 Å². The van der Waals surface area contributed by atoms with Crippen LogP contribution >= 0.6 is 15.9 Å². The Kier molecular flexibility index (Phi) is 4.47. The predicted octanol–water partition coefficient (Wildman–Crippen LogP) is 3.33. The molecule has 1 aliphatic carbocycles. The molecule has 0 atom stereocenters. The van der Waals surface area contributed by atoms with E-state index in [0.29, 0.717) is 5.92 Å². The van der Waals surface area contributed by atoms with Gasteiger partial charge in [0.05, 0.1) is 12.8 Å². The molecular formula is C13H18BrN3O. The Morgan fingerprint density at radius 2 is 2.17 bits per heavy atom. The number of para-hydroxylation sites is 1. The fourth-order valence-corrected chi connectivity index (χ4v) is 2.81. The van der Waals surface area contributed by atoms with Crippen LogP contribution in [0.1, 0.15) is 25.7 Å². The quantitative estimate of drug-likeness (QED) is 0.389. The summed E-state index contributed by atoms with van der Waals surface area (Å²) in [6.07, 6.45) is 4.79. The number of ether oxygens (including phenoxy) is 1. The predicted molar refractivity (Wildman–Crippen MR) is 77.9 cm³/mol. The topological polar surface area (TPSA) is 59.6 Å². The van der Waals surface area contributed by atoms with Gasteiger partial charge < -0.3 is 15.9 Å². The number of anilines is 1. The van der Waals surface area contributed by atoms with Crippen molar-refractivity contribution >= 4 is 27.5 Å². The van der Waals surface area contributed by atoms with E-state index in [4.69, 9.17) is 10.6 Å². The second-order valence-corrected chi connectivity index (χ2v) is 5.29. The molecule has 1 aromatic rings. The number of nitrogens with two attached hydrogens (primary N) is 1. The number of nitrogens with one attached hydrogen (secondary N) is 1. The van der Waals surface area contributed by atoms with Crippen LogP contribution < -0.4 is 15.9 Å². The van der Waals surface area contributed by atoms with Crippen molar-refractivity contribution in [3.8, 4) is 5.75 Å². The van der Waals surface area contributed by atoms with Crippen LogP contribution in [-0.4, -0.2) is 12.9 Å². The van der Waals surface area contributed by atoms with Gasteiger partial charge in [-0.1, -0.05) is 18.9 Å². The van der Waals surface area contributed by atoms with E-state index in [1.807, 2.05) is 18.2 Å². The molecule has 0 radical (unpaired) electrons. The smallest absolute Gasteiger partial charge is 0.143 e. The number of methoxy groups -OCH3 is 1. The highest BCUT2D eigenvalue weighted by Gasteiger charge is 2.22. The monoisotopic (exact) mass is 311 g/mol. The van der Waals surface area contributed by atoms with E-state index >= 15 is 0 Å². The molecule has 0 bridgehead atoms. The third-order valence-electron chi connectivity index (χ3n) is 3.33. The van der Waals surface area contributed by atoms with Gasteiger partial charge in [0.25, 0.3) is 0 Å². The van der Waals surface area contributed by atoms with Crippen LogP contribution in [0.5, 0.6) is 5.75 Å². The molecule has 18 heavy (non-hydrogen) atoms. The molecule has 98 valence electrons. The van der Waals surface area contributed by atoms with Gasteiger partial charge in [0, 0.05) is 10.4 Å². The Morgan fingerprint density at radius 3 is 2.78 bits per heavy atom. The Bertz CT molecular complexity index is 442. The van der Waals surface area contributed by atoms with Crippen LogP contribution in [0, 0.1) is 5.92 Å². The second kappa shape index (κ2) is 6.09. The van der Waals surface area contributed by atoms with Crippen LogP contribution in [0.15, 0.2) is 27.8 Å². The maximum Gasteiger partial charge on any atom is 0.143 e. The van der Waals surface area contributed by atoms with Crippen molar-refractivity contribution in [3.05, 3.63) is 22.7 Å². The molecule has 1 aliphatic rings. The molecular weight excluding hydrogens is 294 g/mol. The zero-order chi connectivity index (χ0) is 13.0. The number of halogens is 1. The summed E-state index contributed by atoms with van der Waals surface area (Å²) in [4.78, 5) is 0. The Labute approximate surface area is 116 Å². The summed E-state index contributed by atoms with van der Waals surface area (Å²) in [5, 5.41) is 7.22. The number of rotatable bonds is 3. The molecule has 0 saturated heterocycles. The number of hydrogen-bond donors (Lipinski definition) is 2. The number of hydrazone groups is 1. The molecule has 1 saturated carbocycles. The molecule has 2 rings (SSSR count). The summed E-state index contributed by atoms with van der Waals surface area (Å²) >= 11 is 3.52. The standard InChI is InChI=1S/C13H18BrN3O/c1-18-11-8-4-7-10(14)12(11)16-13(17-15)9-5-2-3-6-9/h4,7-9H,2-3,5-6,15H2,1H3,(H,16,17). The highest BCUT2D eigenvalue weighted by molar-refractivity contribution is 9.10. The van der Waals surface area contributed by atoms with E-state index in [1.165, 1.54) is 12.8 Å². The van der Waals surface area contributed by atoms with E-state index in [9.17, 15) is 0 Å². The summed E-state index contributed by atoms with van der Waals surface area (Å²) < 4.78 is 6.29. The first-order valence-electron chi connectivity index (χ1n) is 6.13. The molecule has 0 aliphatic heterocycles. The third-order valence-corrected chi connectivity index (χ3v) is 3.99. The number of benzene rings is 1. The van der Waals surface area contributed by atoms with E-state index in [1.54, 1.807) is 7.11 Å². The van der Waals surface area contributed by atoms with Gasteiger partial charge in [0.15, 0.2) is 0 Å². The van der Waals surface area contributed by atoms with Crippen molar-refractivity contribution in [1.82, 2.24) is 0 Å². The first kappa shape index (κ1) is 13.2. The van der Waals surface area contributed by atoms with Crippen LogP contribution in [-0.2, 0) is 0 Å². The minimum Gasteiger partial charge on any atom is -0.495 e. The summed E-state index contributed by atoms with van der Waals surface area (Å²) in [7, 11) is 1.65. The Balaban J connectivity index is 2.21. The molecule has 0 heterocycles. The van der Waals surface area contributed by atoms with Gasteiger partial charge >= 0.3 is 0 Å². The van der Waals surface area contributed by atoms with Gasteiger partial charge in [0.2, 0.25) is 0 Å². The zero-order valence-electron chi connectivity index (χ0n) is 10.4. The van der Waals surface area contributed by atoms with Crippen molar-refractivity contribution < 1.29 is 4.74 Å². The van der Waals surface area contributed by atoms with Gasteiger partial charge in [-0.25, -0.2) is 0 Å². The normalized spacial score (nSPS) is 16.9. The first-order chi connectivity index (χ1) is 8.76. The average Bonchev–Trinajstić information content (AvgIpc) is 2.91. The fraction of sp³-hybridized carbons (Fsp3) is 0.462. The maximum atomic E-state index is 5.51. The first-order valence-corrected chi connectivity index (χ1v) is 6.93. The lowest BCUT2D eigenvalue weighted by atomic mass is 10.1. The van der Waals surface area contributed by atoms with Gasteiger partial charge in [-0.05, 0) is 40.9 Å². The van der Waals surface area contributed by atoms with E-state index in [2.05, 4.69) is 26.3 Å². The van der Waals surface area contributed by atoms with Gasteiger partial charge in [-0.15, -0.1) is 0 Å². The molecule has 0 spiro atoms. The average molecular weight is 312 g/mol. The van der Waals surface area contributed by atoms with Crippen molar-refractivity contribution in [3.63, 3.8) is 0 Å². The van der Waals surface area contributed by atoms with Gasteiger partial charge in [-0.2, -0.15) is 5.10 Å². The highest BCUT2D eigenvalue weighted by atomic mass is 79.9. The van der Waals surface area contributed by atoms with Crippen LogP contribution in [0.25, 0.3) is 0 Å². The van der Waals surface area contributed by atoms with Crippen molar-refractivity contribution in [2.24, 2.45) is 16.9 Å². The molecule has 1 fully saturated rings. The molecule has 5 heteroatoms. The minimum atomic E-state index is 0.437. The molecule has 3 N–H and O–H groups in total. The lowest BCUT2D eigenvalue weighted by Gasteiger charge is -2.17. The maximum absolute atomic E-state index is 5.51. The molecule has 4 nitrogen and oxygen atoms in total. The summed E-state index contributed by atoms with van der Waals surface area (Å²) in [5.41, 5.74) is 0.885. The fourth-order valence-electron chi connectivity index (χ4n) is 2.36. The molecule has 0 unspecified atom stereocenters. The Morgan fingerprint density at radius 1 is 1.44 bits per heavy atom. The van der Waals surface area contributed by atoms with E-state index in [0.717, 1.165) is 34.6 Å². The largest absolute Gasteiger partial charge is 0.495 e. The summed E-state index contributed by atoms with van der Waals surface area (Å²) in [6, 6.07) is 5.81. The zero-order valence-corrected chi connectivity index (χ0v) is 12.0. The van der Waals surface area contributed by atoms with Gasteiger partial charge in [-0.3, -0.25) is 0 Å². The Hall–Kier alpha value is -1.23. The number of amidine groups is 1. The SMILES string of the molecule is COc1cccc(Br)c1N/C(=N\N)C1CCCC1. The third kappa shape index (κ3) is 2.77. The van der Waals surface area contributed by atoms with Gasteiger partial charge in [0.1, 0.15) is 11.6 Å². The summed E-state index contributed by atoms with van der Waals surface area (Å²) in [5.74, 6) is 7.57.